The number of benzene rings is 2. The van der Waals surface area contributed by atoms with Gasteiger partial charge in [0.1, 0.15) is 10.6 Å². The van der Waals surface area contributed by atoms with Gasteiger partial charge in [0.05, 0.1) is 17.7 Å². The standard InChI is InChI=1S/C24H23ClN2O3S2/c1-14(2)23-21(16-7-5-9-18(12-16)30-4)22-20(11-15(3)26-24(22)31-23)27-32(28,29)19-10-6-8-17(25)13-19/h5-14H,1-4H3,(H,26,27). The predicted octanol–water partition coefficient (Wildman–Crippen LogP) is 6.86. The highest BCUT2D eigenvalue weighted by molar-refractivity contribution is 7.92. The molecule has 1 N–H and O–H groups in total. The molecule has 4 rings (SSSR count). The number of aryl methyl sites for hydroxylation is 1. The Morgan fingerprint density at radius 3 is 2.53 bits per heavy atom. The molecule has 4 aromatic rings. The van der Waals surface area contributed by atoms with Crippen LogP contribution in [-0.2, 0) is 10.0 Å². The highest BCUT2D eigenvalue weighted by atomic mass is 35.5. The van der Waals surface area contributed by atoms with Gasteiger partial charge in [-0.1, -0.05) is 43.6 Å². The van der Waals surface area contributed by atoms with E-state index >= 15 is 0 Å². The average Bonchev–Trinajstić information content (AvgIpc) is 3.13. The van der Waals surface area contributed by atoms with Crippen molar-refractivity contribution in [3.63, 3.8) is 0 Å². The van der Waals surface area contributed by atoms with Crippen LogP contribution >= 0.6 is 22.9 Å². The Hall–Kier alpha value is -2.61. The summed E-state index contributed by atoms with van der Waals surface area (Å²) in [6.07, 6.45) is 0. The molecule has 0 bridgehead atoms. The molecule has 0 aliphatic carbocycles. The Kier molecular flexibility index (Phi) is 6.16. The third-order valence-electron chi connectivity index (χ3n) is 5.05. The Balaban J connectivity index is 1.97. The van der Waals surface area contributed by atoms with Crippen molar-refractivity contribution in [3.8, 4) is 16.9 Å². The van der Waals surface area contributed by atoms with Gasteiger partial charge in [-0.25, -0.2) is 13.4 Å². The van der Waals surface area contributed by atoms with Crippen molar-refractivity contribution in [2.24, 2.45) is 0 Å². The molecule has 0 unspecified atom stereocenters. The van der Waals surface area contributed by atoms with Crippen molar-refractivity contribution >= 4 is 48.9 Å². The maximum Gasteiger partial charge on any atom is 0.261 e. The number of nitrogens with one attached hydrogen (secondary N) is 1. The first-order valence-corrected chi connectivity index (χ1v) is 12.7. The first-order chi connectivity index (χ1) is 15.2. The minimum absolute atomic E-state index is 0.106. The van der Waals surface area contributed by atoms with E-state index in [4.69, 9.17) is 21.3 Å². The van der Waals surface area contributed by atoms with Crippen molar-refractivity contribution in [3.05, 3.63) is 70.2 Å². The van der Waals surface area contributed by atoms with Crippen LogP contribution in [0.25, 0.3) is 21.3 Å². The predicted molar refractivity (Wildman–Crippen MR) is 133 cm³/mol. The van der Waals surface area contributed by atoms with Gasteiger partial charge < -0.3 is 4.74 Å². The number of hydrogen-bond donors (Lipinski definition) is 1. The fraction of sp³-hybridized carbons (Fsp3) is 0.208. The quantitative estimate of drug-likeness (QED) is 0.323. The number of anilines is 1. The van der Waals surface area contributed by atoms with Crippen LogP contribution in [0.4, 0.5) is 5.69 Å². The van der Waals surface area contributed by atoms with Gasteiger partial charge in [-0.15, -0.1) is 11.3 Å². The van der Waals surface area contributed by atoms with E-state index in [2.05, 4.69) is 18.6 Å². The molecular formula is C24H23ClN2O3S2. The highest BCUT2D eigenvalue weighted by Crippen LogP contribution is 2.46. The van der Waals surface area contributed by atoms with E-state index in [0.717, 1.165) is 37.7 Å². The second-order valence-corrected chi connectivity index (χ2v) is 10.9. The number of methoxy groups -OCH3 is 1. The summed E-state index contributed by atoms with van der Waals surface area (Å²) < 4.78 is 34.6. The topological polar surface area (TPSA) is 68.3 Å². The molecule has 2 aromatic carbocycles. The van der Waals surface area contributed by atoms with Gasteiger partial charge in [-0.05, 0) is 54.8 Å². The Bertz CT molecular complexity index is 1410. The minimum atomic E-state index is -3.85. The number of ether oxygens (including phenoxy) is 1. The summed E-state index contributed by atoms with van der Waals surface area (Å²) in [5, 5.41) is 1.14. The molecule has 8 heteroatoms. The monoisotopic (exact) mass is 486 g/mol. The molecule has 2 aromatic heterocycles. The minimum Gasteiger partial charge on any atom is -0.497 e. The van der Waals surface area contributed by atoms with E-state index in [1.807, 2.05) is 31.2 Å². The van der Waals surface area contributed by atoms with E-state index < -0.39 is 10.0 Å². The molecular weight excluding hydrogens is 464 g/mol. The molecule has 0 saturated heterocycles. The molecule has 2 heterocycles. The number of halogens is 1. The molecule has 0 radical (unpaired) electrons. The highest BCUT2D eigenvalue weighted by Gasteiger charge is 2.24. The molecule has 0 saturated carbocycles. The van der Waals surface area contributed by atoms with Crippen LogP contribution in [-0.4, -0.2) is 20.5 Å². The summed E-state index contributed by atoms with van der Waals surface area (Å²) >= 11 is 7.62. The van der Waals surface area contributed by atoms with Crippen molar-refractivity contribution in [2.45, 2.75) is 31.6 Å². The first kappa shape index (κ1) is 22.6. The van der Waals surface area contributed by atoms with Crippen LogP contribution < -0.4 is 9.46 Å². The largest absolute Gasteiger partial charge is 0.497 e. The maximum atomic E-state index is 13.2. The van der Waals surface area contributed by atoms with Gasteiger partial charge >= 0.3 is 0 Å². The normalized spacial score (nSPS) is 11.8. The van der Waals surface area contributed by atoms with Crippen LogP contribution in [0, 0.1) is 6.92 Å². The molecule has 0 spiro atoms. The third kappa shape index (κ3) is 4.33. The molecule has 0 fully saturated rings. The molecule has 0 aliphatic rings. The fourth-order valence-electron chi connectivity index (χ4n) is 3.63. The number of thiophene rings is 1. The van der Waals surface area contributed by atoms with Crippen molar-refractivity contribution in [1.29, 1.82) is 0 Å². The number of pyridine rings is 1. The van der Waals surface area contributed by atoms with Gasteiger partial charge in [-0.2, -0.15) is 0 Å². The van der Waals surface area contributed by atoms with Crippen LogP contribution in [0.3, 0.4) is 0 Å². The van der Waals surface area contributed by atoms with E-state index in [1.54, 1.807) is 36.6 Å². The molecule has 5 nitrogen and oxygen atoms in total. The van der Waals surface area contributed by atoms with Crippen LogP contribution in [0.2, 0.25) is 5.02 Å². The number of fused-ring (bicyclic) bond motifs is 1. The van der Waals surface area contributed by atoms with Gasteiger partial charge in [-0.3, -0.25) is 4.72 Å². The smallest absolute Gasteiger partial charge is 0.261 e. The van der Waals surface area contributed by atoms with Gasteiger partial charge in [0.25, 0.3) is 10.0 Å². The lowest BCUT2D eigenvalue weighted by atomic mass is 9.97. The SMILES string of the molecule is COc1cccc(-c2c(C(C)C)sc3nc(C)cc(NS(=O)(=O)c4cccc(Cl)c4)c23)c1. The number of hydrogen-bond acceptors (Lipinski definition) is 5. The first-order valence-electron chi connectivity index (χ1n) is 10.1. The van der Waals surface area contributed by atoms with Crippen molar-refractivity contribution < 1.29 is 13.2 Å². The van der Waals surface area contributed by atoms with Crippen molar-refractivity contribution in [2.75, 3.05) is 11.8 Å². The van der Waals surface area contributed by atoms with E-state index in [1.165, 1.54) is 12.1 Å². The summed E-state index contributed by atoms with van der Waals surface area (Å²) in [4.78, 5) is 6.74. The van der Waals surface area contributed by atoms with E-state index in [0.29, 0.717) is 10.7 Å². The number of nitrogens with zero attached hydrogens (tertiary/aromatic N) is 1. The molecule has 32 heavy (non-hydrogen) atoms. The van der Waals surface area contributed by atoms with Crippen molar-refractivity contribution in [1.82, 2.24) is 4.98 Å². The molecule has 0 atom stereocenters. The zero-order valence-electron chi connectivity index (χ0n) is 18.1. The summed E-state index contributed by atoms with van der Waals surface area (Å²) in [6, 6.07) is 15.8. The zero-order valence-corrected chi connectivity index (χ0v) is 20.5. The Morgan fingerprint density at radius 2 is 1.84 bits per heavy atom. The Labute approximate surface area is 197 Å². The van der Waals surface area contributed by atoms with E-state index in [9.17, 15) is 8.42 Å². The maximum absolute atomic E-state index is 13.2. The zero-order chi connectivity index (χ0) is 23.0. The molecule has 0 amide bonds. The second kappa shape index (κ2) is 8.73. The van der Waals surface area contributed by atoms with Crippen LogP contribution in [0.15, 0.2) is 59.5 Å². The molecule has 0 aliphatic heterocycles. The van der Waals surface area contributed by atoms with E-state index in [-0.39, 0.29) is 10.8 Å². The lowest BCUT2D eigenvalue weighted by Crippen LogP contribution is -2.13. The molecule has 166 valence electrons. The lowest BCUT2D eigenvalue weighted by Gasteiger charge is -2.14. The number of rotatable bonds is 6. The summed E-state index contributed by atoms with van der Waals surface area (Å²) in [7, 11) is -2.22. The van der Waals surface area contributed by atoms with Crippen LogP contribution in [0.1, 0.15) is 30.3 Å². The fourth-order valence-corrected chi connectivity index (χ4v) is 6.26. The number of sulfonamides is 1. The third-order valence-corrected chi connectivity index (χ3v) is 8.03. The Morgan fingerprint density at radius 1 is 1.09 bits per heavy atom. The van der Waals surface area contributed by atoms with Gasteiger partial charge in [0.15, 0.2) is 0 Å². The number of aromatic nitrogens is 1. The van der Waals surface area contributed by atoms with Crippen LogP contribution in [0.5, 0.6) is 5.75 Å². The lowest BCUT2D eigenvalue weighted by molar-refractivity contribution is 0.415. The summed E-state index contributed by atoms with van der Waals surface area (Å²) in [5.74, 6) is 0.964. The van der Waals surface area contributed by atoms with Gasteiger partial charge in [0, 0.05) is 26.5 Å². The summed E-state index contributed by atoms with van der Waals surface area (Å²) in [6.45, 7) is 6.10. The average molecular weight is 487 g/mol. The summed E-state index contributed by atoms with van der Waals surface area (Å²) in [5.41, 5.74) is 3.15. The second-order valence-electron chi connectivity index (χ2n) is 7.78. The van der Waals surface area contributed by atoms with Gasteiger partial charge in [0.2, 0.25) is 0 Å².